The third kappa shape index (κ3) is 1.62. The number of aryl methyl sites for hydroxylation is 1. The smallest absolute Gasteiger partial charge is 0.179 e. The fourth-order valence-electron chi connectivity index (χ4n) is 3.53. The fourth-order valence-corrected chi connectivity index (χ4v) is 3.53. The third-order valence-electron chi connectivity index (χ3n) is 4.33. The Labute approximate surface area is 111 Å². The molecule has 1 heterocycles. The monoisotopic (exact) mass is 259 g/mol. The number of ketones is 2. The van der Waals surface area contributed by atoms with E-state index in [1.165, 1.54) is 0 Å². The fraction of sp³-hybridized carbons (Fsp3) is 0.533. The molecule has 0 bridgehead atoms. The lowest BCUT2D eigenvalue weighted by Crippen LogP contribution is -2.41. The summed E-state index contributed by atoms with van der Waals surface area (Å²) in [5.74, 6) is 0.386. The van der Waals surface area contributed by atoms with Crippen LogP contribution >= 0.6 is 0 Å². The highest BCUT2D eigenvalue weighted by molar-refractivity contribution is 6.16. The first-order valence-electron chi connectivity index (χ1n) is 6.73. The van der Waals surface area contributed by atoms with Crippen molar-refractivity contribution in [2.75, 3.05) is 0 Å². The van der Waals surface area contributed by atoms with Crippen molar-refractivity contribution < 1.29 is 14.1 Å². The summed E-state index contributed by atoms with van der Waals surface area (Å²) in [5, 5.41) is 3.94. The molecule has 0 N–H and O–H groups in total. The maximum absolute atomic E-state index is 12.6. The van der Waals surface area contributed by atoms with E-state index in [9.17, 15) is 9.59 Å². The second-order valence-corrected chi connectivity index (χ2v) is 5.82. The number of Topliss-reactive ketones (excluding diaryl/α,β-unsaturated/α-hetero) is 1. The minimum Gasteiger partial charge on any atom is -0.360 e. The van der Waals surface area contributed by atoms with E-state index < -0.39 is 5.92 Å². The highest BCUT2D eigenvalue weighted by Crippen LogP contribution is 2.47. The Morgan fingerprint density at radius 1 is 1.37 bits per heavy atom. The quantitative estimate of drug-likeness (QED) is 0.727. The number of carbonyl (C=O) groups excluding carboxylic acids is 2. The summed E-state index contributed by atoms with van der Waals surface area (Å²) in [7, 11) is 0. The molecule has 0 saturated carbocycles. The van der Waals surface area contributed by atoms with Crippen LogP contribution in [-0.4, -0.2) is 16.7 Å². The van der Waals surface area contributed by atoms with Gasteiger partial charge in [0.2, 0.25) is 0 Å². The Balaban J connectivity index is 2.20. The summed E-state index contributed by atoms with van der Waals surface area (Å²) in [6.07, 6.45) is 4.18. The number of nitrogens with zero attached hydrogens (tertiary/aromatic N) is 1. The SMILES string of the molecule is Cc1noc2c1C(=O)C1C(=O)C=CCC1C2C(C)C. The van der Waals surface area contributed by atoms with Gasteiger partial charge in [0.25, 0.3) is 0 Å². The Hall–Kier alpha value is -1.71. The molecular weight excluding hydrogens is 242 g/mol. The molecule has 1 aromatic rings. The molecule has 2 aliphatic rings. The number of hydrogen-bond donors (Lipinski definition) is 0. The van der Waals surface area contributed by atoms with Crippen LogP contribution in [0.15, 0.2) is 16.7 Å². The first-order valence-corrected chi connectivity index (χ1v) is 6.73. The number of allylic oxidation sites excluding steroid dienone is 2. The number of rotatable bonds is 1. The maximum atomic E-state index is 12.6. The summed E-state index contributed by atoms with van der Waals surface area (Å²) >= 11 is 0. The third-order valence-corrected chi connectivity index (χ3v) is 4.33. The molecule has 0 saturated heterocycles. The molecule has 4 heteroatoms. The van der Waals surface area contributed by atoms with Gasteiger partial charge >= 0.3 is 0 Å². The Bertz CT molecular complexity index is 582. The molecule has 0 fully saturated rings. The van der Waals surface area contributed by atoms with E-state index >= 15 is 0 Å². The van der Waals surface area contributed by atoms with Crippen LogP contribution in [0.5, 0.6) is 0 Å². The van der Waals surface area contributed by atoms with Gasteiger partial charge in [0.1, 0.15) is 0 Å². The van der Waals surface area contributed by atoms with Crippen LogP contribution < -0.4 is 0 Å². The second kappa shape index (κ2) is 4.15. The molecule has 100 valence electrons. The second-order valence-electron chi connectivity index (χ2n) is 5.82. The van der Waals surface area contributed by atoms with Crippen LogP contribution in [0.3, 0.4) is 0 Å². The summed E-state index contributed by atoms with van der Waals surface area (Å²) in [4.78, 5) is 24.6. The molecule has 0 amide bonds. The average Bonchev–Trinajstić information content (AvgIpc) is 2.71. The van der Waals surface area contributed by atoms with E-state index in [0.29, 0.717) is 22.9 Å². The highest BCUT2D eigenvalue weighted by atomic mass is 16.5. The van der Waals surface area contributed by atoms with Crippen LogP contribution in [0.2, 0.25) is 0 Å². The Morgan fingerprint density at radius 2 is 2.11 bits per heavy atom. The van der Waals surface area contributed by atoms with Crippen molar-refractivity contribution in [1.29, 1.82) is 0 Å². The van der Waals surface area contributed by atoms with Crippen molar-refractivity contribution in [1.82, 2.24) is 5.16 Å². The van der Waals surface area contributed by atoms with Gasteiger partial charge in [-0.15, -0.1) is 0 Å². The van der Waals surface area contributed by atoms with Crippen LogP contribution in [0.4, 0.5) is 0 Å². The maximum Gasteiger partial charge on any atom is 0.179 e. The molecule has 0 aromatic carbocycles. The minimum absolute atomic E-state index is 0.0184. The average molecular weight is 259 g/mol. The van der Waals surface area contributed by atoms with Crippen molar-refractivity contribution in [3.63, 3.8) is 0 Å². The van der Waals surface area contributed by atoms with Crippen LogP contribution in [0.25, 0.3) is 0 Å². The minimum atomic E-state index is -0.539. The zero-order chi connectivity index (χ0) is 13.7. The largest absolute Gasteiger partial charge is 0.360 e. The topological polar surface area (TPSA) is 60.2 Å². The zero-order valence-electron chi connectivity index (χ0n) is 11.3. The molecule has 2 aliphatic carbocycles. The first kappa shape index (κ1) is 12.3. The predicted molar refractivity (Wildman–Crippen MR) is 68.9 cm³/mol. The number of fused-ring (bicyclic) bond motifs is 2. The molecule has 0 aliphatic heterocycles. The van der Waals surface area contributed by atoms with E-state index in [1.807, 2.05) is 6.08 Å². The van der Waals surface area contributed by atoms with Gasteiger partial charge < -0.3 is 4.52 Å². The standard InChI is InChI=1S/C15H17NO3/c1-7(2)11-9-5-4-6-10(17)13(9)14(18)12-8(3)16-19-15(11)12/h4,6-7,9,11,13H,5H2,1-3H3. The predicted octanol–water partition coefficient (Wildman–Crippen LogP) is 2.68. The molecule has 0 spiro atoms. The summed E-state index contributed by atoms with van der Waals surface area (Å²) in [5.41, 5.74) is 1.15. The van der Waals surface area contributed by atoms with E-state index in [2.05, 4.69) is 19.0 Å². The van der Waals surface area contributed by atoms with Gasteiger partial charge in [0, 0.05) is 5.92 Å². The van der Waals surface area contributed by atoms with Crippen LogP contribution in [0.1, 0.15) is 48.0 Å². The lowest BCUT2D eigenvalue weighted by Gasteiger charge is -2.37. The lowest BCUT2D eigenvalue weighted by atomic mass is 9.63. The summed E-state index contributed by atoms with van der Waals surface area (Å²) in [6.45, 7) is 5.96. The Morgan fingerprint density at radius 3 is 2.79 bits per heavy atom. The number of carbonyl (C=O) groups is 2. The summed E-state index contributed by atoms with van der Waals surface area (Å²) in [6, 6.07) is 0. The van der Waals surface area contributed by atoms with Crippen molar-refractivity contribution in [3.8, 4) is 0 Å². The molecular formula is C15H17NO3. The first-order chi connectivity index (χ1) is 9.02. The highest BCUT2D eigenvalue weighted by Gasteiger charge is 2.49. The zero-order valence-corrected chi connectivity index (χ0v) is 11.3. The van der Waals surface area contributed by atoms with Crippen molar-refractivity contribution in [3.05, 3.63) is 29.2 Å². The summed E-state index contributed by atoms with van der Waals surface area (Å²) < 4.78 is 5.41. The van der Waals surface area contributed by atoms with Crippen LogP contribution in [0, 0.1) is 24.7 Å². The van der Waals surface area contributed by atoms with Crippen molar-refractivity contribution in [2.45, 2.75) is 33.1 Å². The Kier molecular flexibility index (Phi) is 2.69. The van der Waals surface area contributed by atoms with Gasteiger partial charge in [-0.05, 0) is 31.3 Å². The number of aromatic nitrogens is 1. The van der Waals surface area contributed by atoms with E-state index in [4.69, 9.17) is 4.52 Å². The molecule has 3 unspecified atom stereocenters. The molecule has 4 nitrogen and oxygen atoms in total. The molecule has 19 heavy (non-hydrogen) atoms. The van der Waals surface area contributed by atoms with Gasteiger partial charge in [-0.3, -0.25) is 9.59 Å². The van der Waals surface area contributed by atoms with Crippen molar-refractivity contribution in [2.24, 2.45) is 17.8 Å². The van der Waals surface area contributed by atoms with Gasteiger partial charge in [0.05, 0.1) is 17.2 Å². The van der Waals surface area contributed by atoms with Gasteiger partial charge in [0.15, 0.2) is 17.3 Å². The number of hydrogen-bond acceptors (Lipinski definition) is 4. The lowest BCUT2D eigenvalue weighted by molar-refractivity contribution is -0.119. The van der Waals surface area contributed by atoms with Crippen LogP contribution in [-0.2, 0) is 4.79 Å². The van der Waals surface area contributed by atoms with E-state index in [0.717, 1.165) is 6.42 Å². The molecule has 0 radical (unpaired) electrons. The molecule has 1 aromatic heterocycles. The van der Waals surface area contributed by atoms with Gasteiger partial charge in [-0.2, -0.15) is 0 Å². The normalized spacial score (nSPS) is 29.6. The van der Waals surface area contributed by atoms with Crippen molar-refractivity contribution >= 4 is 11.6 Å². The van der Waals surface area contributed by atoms with E-state index in [1.54, 1.807) is 13.0 Å². The van der Waals surface area contributed by atoms with Gasteiger partial charge in [-0.25, -0.2) is 0 Å². The van der Waals surface area contributed by atoms with Gasteiger partial charge in [-0.1, -0.05) is 25.1 Å². The molecule has 3 atom stereocenters. The van der Waals surface area contributed by atoms with E-state index in [-0.39, 0.29) is 23.4 Å². The molecule has 3 rings (SSSR count).